The second-order valence-electron chi connectivity index (χ2n) is 6.39. The molecule has 0 bridgehead atoms. The molecule has 0 aliphatic carbocycles. The second kappa shape index (κ2) is 8.33. The lowest BCUT2D eigenvalue weighted by Crippen LogP contribution is -2.50. The van der Waals surface area contributed by atoms with E-state index in [9.17, 15) is 9.59 Å². The molecule has 1 aliphatic heterocycles. The molecule has 1 saturated heterocycles. The van der Waals surface area contributed by atoms with E-state index in [-0.39, 0.29) is 37.5 Å². The zero-order valence-corrected chi connectivity index (χ0v) is 14.1. The smallest absolute Gasteiger partial charge is 0.410 e. The molecule has 0 aromatic heterocycles. The number of likely N-dealkylation sites (tertiary alicyclic amines) is 1. The third-order valence-corrected chi connectivity index (χ3v) is 3.25. The lowest BCUT2D eigenvalue weighted by Gasteiger charge is -2.38. The van der Waals surface area contributed by atoms with Crippen LogP contribution in [0.1, 0.15) is 34.1 Å². The van der Waals surface area contributed by atoms with Gasteiger partial charge in [0, 0.05) is 26.5 Å². The molecule has 1 fully saturated rings. The van der Waals surface area contributed by atoms with Gasteiger partial charge in [0.2, 0.25) is 0 Å². The van der Waals surface area contributed by atoms with Crippen LogP contribution in [0.3, 0.4) is 0 Å². The maximum absolute atomic E-state index is 12.1. The van der Waals surface area contributed by atoms with Gasteiger partial charge < -0.3 is 23.8 Å². The predicted molar refractivity (Wildman–Crippen MR) is 79.3 cm³/mol. The third kappa shape index (κ3) is 6.62. The van der Waals surface area contributed by atoms with Gasteiger partial charge in [0.25, 0.3) is 0 Å². The van der Waals surface area contributed by atoms with Crippen molar-refractivity contribution < 1.29 is 28.5 Å². The first-order valence-corrected chi connectivity index (χ1v) is 7.44. The molecule has 7 heteroatoms. The lowest BCUT2D eigenvalue weighted by atomic mass is 9.94. The predicted octanol–water partition coefficient (Wildman–Crippen LogP) is 1.80. The Kier molecular flexibility index (Phi) is 7.09. The molecule has 2 unspecified atom stereocenters. The molecule has 1 aliphatic rings. The molecular formula is C15H27NO6. The monoisotopic (exact) mass is 317 g/mol. The van der Waals surface area contributed by atoms with Crippen LogP contribution in [0.4, 0.5) is 4.79 Å². The molecule has 0 radical (unpaired) electrons. The average molecular weight is 317 g/mol. The number of carbonyl (C=O) groups is 2. The van der Waals surface area contributed by atoms with E-state index >= 15 is 0 Å². The summed E-state index contributed by atoms with van der Waals surface area (Å²) in [6, 6.07) is 0. The van der Waals surface area contributed by atoms with Crippen molar-refractivity contribution in [1.82, 2.24) is 4.90 Å². The molecule has 22 heavy (non-hydrogen) atoms. The Bertz CT molecular complexity index is 379. The lowest BCUT2D eigenvalue weighted by molar-refractivity contribution is -0.150. The van der Waals surface area contributed by atoms with Crippen molar-refractivity contribution in [2.75, 3.05) is 33.6 Å². The molecule has 2 atom stereocenters. The zero-order valence-electron chi connectivity index (χ0n) is 14.1. The molecule has 0 spiro atoms. The number of hydrogen-bond acceptors (Lipinski definition) is 6. The fourth-order valence-electron chi connectivity index (χ4n) is 2.22. The summed E-state index contributed by atoms with van der Waals surface area (Å²) in [4.78, 5) is 24.7. The molecule has 7 nitrogen and oxygen atoms in total. The number of amides is 1. The minimum atomic E-state index is -0.533. The Morgan fingerprint density at radius 2 is 1.95 bits per heavy atom. The van der Waals surface area contributed by atoms with Crippen molar-refractivity contribution in [3.63, 3.8) is 0 Å². The Morgan fingerprint density at radius 3 is 2.50 bits per heavy atom. The van der Waals surface area contributed by atoms with Crippen LogP contribution in [0.25, 0.3) is 0 Å². The number of methoxy groups -OCH3 is 1. The minimum Gasteiger partial charge on any atom is -0.465 e. The first kappa shape index (κ1) is 18.7. The highest BCUT2D eigenvalue weighted by molar-refractivity contribution is 5.68. The summed E-state index contributed by atoms with van der Waals surface area (Å²) >= 11 is 0. The molecule has 1 amide bonds. The SMILES string of the molecule is COCOC1CN(C(=O)OC(C)(C)C)CCC1COC(C)=O. The number of piperidine rings is 1. The normalized spacial score (nSPS) is 22.3. The van der Waals surface area contributed by atoms with E-state index in [1.54, 1.807) is 4.90 Å². The Morgan fingerprint density at radius 1 is 1.27 bits per heavy atom. The summed E-state index contributed by atoms with van der Waals surface area (Å²) in [6.07, 6.45) is 0.0750. The van der Waals surface area contributed by atoms with Crippen molar-refractivity contribution in [1.29, 1.82) is 0 Å². The number of carbonyl (C=O) groups excluding carboxylic acids is 2. The Hall–Kier alpha value is -1.34. The van der Waals surface area contributed by atoms with Crippen LogP contribution in [0.5, 0.6) is 0 Å². The van der Waals surface area contributed by atoms with E-state index in [2.05, 4.69) is 0 Å². The van der Waals surface area contributed by atoms with Gasteiger partial charge in [0.15, 0.2) is 0 Å². The van der Waals surface area contributed by atoms with E-state index in [0.717, 1.165) is 0 Å². The molecular weight excluding hydrogens is 290 g/mol. The van der Waals surface area contributed by atoms with Crippen molar-refractivity contribution >= 4 is 12.1 Å². The van der Waals surface area contributed by atoms with Crippen LogP contribution < -0.4 is 0 Å². The number of rotatable bonds is 5. The molecule has 1 heterocycles. The highest BCUT2D eigenvalue weighted by Gasteiger charge is 2.34. The highest BCUT2D eigenvalue weighted by Crippen LogP contribution is 2.23. The van der Waals surface area contributed by atoms with Crippen molar-refractivity contribution in [3.05, 3.63) is 0 Å². The molecule has 0 aromatic rings. The van der Waals surface area contributed by atoms with Crippen LogP contribution in [0.15, 0.2) is 0 Å². The maximum Gasteiger partial charge on any atom is 0.410 e. The summed E-state index contributed by atoms with van der Waals surface area (Å²) in [7, 11) is 1.54. The van der Waals surface area contributed by atoms with E-state index in [1.807, 2.05) is 20.8 Å². The van der Waals surface area contributed by atoms with Gasteiger partial charge in [-0.2, -0.15) is 0 Å². The summed E-state index contributed by atoms with van der Waals surface area (Å²) in [6.45, 7) is 8.22. The summed E-state index contributed by atoms with van der Waals surface area (Å²) < 4.78 is 21.0. The molecule has 1 rings (SSSR count). The van der Waals surface area contributed by atoms with Gasteiger partial charge in [0.1, 0.15) is 12.4 Å². The first-order valence-electron chi connectivity index (χ1n) is 7.44. The van der Waals surface area contributed by atoms with Crippen molar-refractivity contribution in [3.8, 4) is 0 Å². The first-order chi connectivity index (χ1) is 10.2. The van der Waals surface area contributed by atoms with E-state index in [0.29, 0.717) is 19.5 Å². The van der Waals surface area contributed by atoms with Gasteiger partial charge in [0.05, 0.1) is 19.3 Å². The van der Waals surface area contributed by atoms with Gasteiger partial charge >= 0.3 is 12.1 Å². The summed E-state index contributed by atoms with van der Waals surface area (Å²) in [5, 5.41) is 0. The third-order valence-electron chi connectivity index (χ3n) is 3.25. The van der Waals surface area contributed by atoms with E-state index < -0.39 is 5.60 Å². The van der Waals surface area contributed by atoms with Gasteiger partial charge in [-0.1, -0.05) is 0 Å². The number of ether oxygens (including phenoxy) is 4. The van der Waals surface area contributed by atoms with Gasteiger partial charge in [-0.05, 0) is 27.2 Å². The summed E-state index contributed by atoms with van der Waals surface area (Å²) in [5.41, 5.74) is -0.533. The van der Waals surface area contributed by atoms with Gasteiger partial charge in [-0.3, -0.25) is 4.79 Å². The van der Waals surface area contributed by atoms with Crippen molar-refractivity contribution in [2.24, 2.45) is 5.92 Å². The van der Waals surface area contributed by atoms with Crippen LogP contribution in [-0.4, -0.2) is 62.3 Å². The maximum atomic E-state index is 12.1. The number of esters is 1. The van der Waals surface area contributed by atoms with Crippen LogP contribution in [0, 0.1) is 5.92 Å². The Balaban J connectivity index is 2.61. The molecule has 0 saturated carbocycles. The quantitative estimate of drug-likeness (QED) is 0.568. The van der Waals surface area contributed by atoms with Crippen LogP contribution in [0.2, 0.25) is 0 Å². The van der Waals surface area contributed by atoms with Crippen molar-refractivity contribution in [2.45, 2.75) is 45.8 Å². The second-order valence-corrected chi connectivity index (χ2v) is 6.39. The zero-order chi connectivity index (χ0) is 16.8. The fraction of sp³-hybridized carbons (Fsp3) is 0.867. The Labute approximate surface area is 131 Å². The minimum absolute atomic E-state index is 0.0396. The molecule has 0 N–H and O–H groups in total. The highest BCUT2D eigenvalue weighted by atomic mass is 16.7. The molecule has 128 valence electrons. The average Bonchev–Trinajstić information content (AvgIpc) is 2.41. The van der Waals surface area contributed by atoms with Gasteiger partial charge in [-0.25, -0.2) is 4.79 Å². The van der Waals surface area contributed by atoms with E-state index in [1.165, 1.54) is 14.0 Å². The largest absolute Gasteiger partial charge is 0.465 e. The van der Waals surface area contributed by atoms with E-state index in [4.69, 9.17) is 18.9 Å². The standard InChI is InChI=1S/C15H27NO6/c1-11(17)20-9-12-6-7-16(8-13(12)21-10-19-5)14(18)22-15(2,3)4/h12-13H,6-10H2,1-5H3. The summed E-state index contributed by atoms with van der Waals surface area (Å²) in [5.74, 6) is -0.280. The van der Waals surface area contributed by atoms with Crippen LogP contribution in [-0.2, 0) is 23.7 Å². The van der Waals surface area contributed by atoms with Crippen LogP contribution >= 0.6 is 0 Å². The topological polar surface area (TPSA) is 74.3 Å². The number of hydrogen-bond donors (Lipinski definition) is 0. The molecule has 0 aromatic carbocycles. The van der Waals surface area contributed by atoms with Gasteiger partial charge in [-0.15, -0.1) is 0 Å². The number of nitrogens with zero attached hydrogens (tertiary/aromatic N) is 1. The fourth-order valence-corrected chi connectivity index (χ4v) is 2.22.